The third kappa shape index (κ3) is 15.1. The molecule has 0 aromatic heterocycles. The minimum atomic E-state index is -0.313. The van der Waals surface area contributed by atoms with Crippen molar-refractivity contribution < 1.29 is 28.5 Å². The molecule has 54 heavy (non-hydrogen) atoms. The SMILES string of the molecule is C=CC(=O)OCCC[C@H]1CC[C@H](CCc2ccc(CO[C@@H]3CCCC[C@H]3OCc3ccc(CC[C@H]4CC[C@H](CCCOC(=O)C=C)CC4)cc3)cc2)CC1. The van der Waals surface area contributed by atoms with Crippen LogP contribution in [0, 0.1) is 23.7 Å². The van der Waals surface area contributed by atoms with E-state index in [4.69, 9.17) is 18.9 Å². The van der Waals surface area contributed by atoms with Gasteiger partial charge in [-0.1, -0.05) is 126 Å². The quantitative estimate of drug-likeness (QED) is 0.0680. The topological polar surface area (TPSA) is 71.1 Å². The smallest absolute Gasteiger partial charge is 0.330 e. The molecular formula is C48H68O6. The maximum absolute atomic E-state index is 11.2. The van der Waals surface area contributed by atoms with E-state index in [0.717, 1.165) is 75.0 Å². The number of hydrogen-bond donors (Lipinski definition) is 0. The highest BCUT2D eigenvalue weighted by Crippen LogP contribution is 2.35. The number of aryl methyl sites for hydroxylation is 2. The Morgan fingerprint density at radius 1 is 0.500 bits per heavy atom. The molecule has 3 aliphatic carbocycles. The zero-order chi connectivity index (χ0) is 37.8. The summed E-state index contributed by atoms with van der Waals surface area (Å²) in [4.78, 5) is 22.4. The molecule has 0 spiro atoms. The highest BCUT2D eigenvalue weighted by molar-refractivity contribution is 5.81. The van der Waals surface area contributed by atoms with Crippen LogP contribution in [0.3, 0.4) is 0 Å². The third-order valence-corrected chi connectivity index (χ3v) is 12.6. The molecule has 3 saturated carbocycles. The Morgan fingerprint density at radius 2 is 0.833 bits per heavy atom. The van der Waals surface area contributed by atoms with Gasteiger partial charge in [-0.05, 0) is 110 Å². The zero-order valence-electron chi connectivity index (χ0n) is 33.1. The number of esters is 2. The van der Waals surface area contributed by atoms with Crippen LogP contribution in [0.5, 0.6) is 0 Å². The van der Waals surface area contributed by atoms with Crippen LogP contribution >= 0.6 is 0 Å². The van der Waals surface area contributed by atoms with E-state index in [1.54, 1.807) is 0 Å². The van der Waals surface area contributed by atoms with Crippen molar-refractivity contribution in [3.05, 3.63) is 96.1 Å². The predicted octanol–water partition coefficient (Wildman–Crippen LogP) is 11.2. The van der Waals surface area contributed by atoms with Crippen LogP contribution in [0.4, 0.5) is 0 Å². The van der Waals surface area contributed by atoms with E-state index in [-0.39, 0.29) is 24.1 Å². The van der Waals surface area contributed by atoms with Gasteiger partial charge in [0, 0.05) is 12.2 Å². The lowest BCUT2D eigenvalue weighted by Crippen LogP contribution is -2.34. The summed E-state index contributed by atoms with van der Waals surface area (Å²) in [6.45, 7) is 9.23. The lowest BCUT2D eigenvalue weighted by atomic mass is 9.78. The Morgan fingerprint density at radius 3 is 1.19 bits per heavy atom. The summed E-state index contributed by atoms with van der Waals surface area (Å²) in [5.41, 5.74) is 5.34. The molecule has 0 radical (unpaired) electrons. The van der Waals surface area contributed by atoms with E-state index in [0.29, 0.717) is 26.4 Å². The summed E-state index contributed by atoms with van der Waals surface area (Å²) in [5.74, 6) is 2.58. The monoisotopic (exact) mass is 741 g/mol. The van der Waals surface area contributed by atoms with Crippen molar-refractivity contribution in [1.29, 1.82) is 0 Å². The number of carbonyl (C=O) groups is 2. The first-order valence-corrected chi connectivity index (χ1v) is 21.4. The standard InChI is InChI=1S/C48H68O6/c1-3-47(49)51-33-7-9-37-13-17-39(18-14-37)21-23-41-25-29-43(30-26-41)35-53-45-11-5-6-12-46(45)54-36-44-31-27-42(28-32-44)24-22-40-19-15-38(16-20-40)10-8-34-52-48(50)4-2/h3-4,25-32,37-40,45-46H,1-2,5-24,33-36H2/t37-,38-,39-,40-,45-,46-/m1/s1. The number of carbonyl (C=O) groups excluding carboxylic acids is 2. The fourth-order valence-electron chi connectivity index (χ4n) is 9.02. The maximum atomic E-state index is 11.2. The second kappa shape index (κ2) is 23.6. The summed E-state index contributed by atoms with van der Waals surface area (Å²) in [7, 11) is 0. The normalized spacial score (nSPS) is 24.4. The van der Waals surface area contributed by atoms with Crippen LogP contribution in [0.15, 0.2) is 73.8 Å². The van der Waals surface area contributed by atoms with Crippen molar-refractivity contribution >= 4 is 11.9 Å². The average molecular weight is 741 g/mol. The van der Waals surface area contributed by atoms with Gasteiger partial charge in [0.2, 0.25) is 0 Å². The van der Waals surface area contributed by atoms with Crippen molar-refractivity contribution in [3.63, 3.8) is 0 Å². The van der Waals surface area contributed by atoms with E-state index >= 15 is 0 Å². The van der Waals surface area contributed by atoms with Crippen molar-refractivity contribution in [1.82, 2.24) is 0 Å². The number of ether oxygens (including phenoxy) is 4. The first-order valence-electron chi connectivity index (χ1n) is 21.4. The van der Waals surface area contributed by atoms with Gasteiger partial charge in [-0.2, -0.15) is 0 Å². The number of hydrogen-bond acceptors (Lipinski definition) is 6. The molecule has 2 aromatic rings. The lowest BCUT2D eigenvalue weighted by Gasteiger charge is -2.31. The van der Waals surface area contributed by atoms with Gasteiger partial charge in [0.15, 0.2) is 0 Å². The van der Waals surface area contributed by atoms with Gasteiger partial charge in [-0.15, -0.1) is 0 Å². The van der Waals surface area contributed by atoms with Crippen molar-refractivity contribution in [2.45, 2.75) is 154 Å². The molecule has 2 atom stereocenters. The minimum Gasteiger partial charge on any atom is -0.463 e. The van der Waals surface area contributed by atoms with Crippen LogP contribution in [0.25, 0.3) is 0 Å². The largest absolute Gasteiger partial charge is 0.463 e. The second-order valence-electron chi connectivity index (χ2n) is 16.5. The summed E-state index contributed by atoms with van der Waals surface area (Å²) in [6.07, 6.45) is 26.9. The Bertz CT molecular complexity index is 1280. The Hall–Kier alpha value is -3.22. The fourth-order valence-corrected chi connectivity index (χ4v) is 9.02. The second-order valence-corrected chi connectivity index (χ2v) is 16.5. The van der Waals surface area contributed by atoms with Gasteiger partial charge < -0.3 is 18.9 Å². The molecule has 3 fully saturated rings. The van der Waals surface area contributed by atoms with E-state index in [1.807, 2.05) is 0 Å². The van der Waals surface area contributed by atoms with E-state index in [1.165, 1.54) is 111 Å². The summed E-state index contributed by atoms with van der Waals surface area (Å²) >= 11 is 0. The molecule has 2 aromatic carbocycles. The maximum Gasteiger partial charge on any atom is 0.330 e. The molecule has 5 rings (SSSR count). The van der Waals surface area contributed by atoms with E-state index in [2.05, 4.69) is 61.7 Å². The van der Waals surface area contributed by atoms with Gasteiger partial charge in [0.25, 0.3) is 0 Å². The molecule has 0 unspecified atom stereocenters. The summed E-state index contributed by atoms with van der Waals surface area (Å²) < 4.78 is 23.3. The molecular weight excluding hydrogens is 673 g/mol. The van der Waals surface area contributed by atoms with Crippen LogP contribution in [-0.4, -0.2) is 37.4 Å². The van der Waals surface area contributed by atoms with Gasteiger partial charge in [0.05, 0.1) is 38.6 Å². The van der Waals surface area contributed by atoms with Gasteiger partial charge in [-0.25, -0.2) is 9.59 Å². The molecule has 0 bridgehead atoms. The first-order chi connectivity index (χ1) is 26.5. The van der Waals surface area contributed by atoms with Crippen molar-refractivity contribution in [3.8, 4) is 0 Å². The molecule has 0 amide bonds. The van der Waals surface area contributed by atoms with Crippen LogP contribution in [0.2, 0.25) is 0 Å². The number of benzene rings is 2. The molecule has 0 N–H and O–H groups in total. The molecule has 0 heterocycles. The Labute approximate surface area is 326 Å². The number of rotatable bonds is 22. The first kappa shape index (κ1) is 41.9. The minimum absolute atomic E-state index is 0.153. The van der Waals surface area contributed by atoms with Gasteiger partial charge >= 0.3 is 11.9 Å². The van der Waals surface area contributed by atoms with Crippen LogP contribution < -0.4 is 0 Å². The fraction of sp³-hybridized carbons (Fsp3) is 0.625. The zero-order valence-corrected chi connectivity index (χ0v) is 33.1. The summed E-state index contributed by atoms with van der Waals surface area (Å²) in [6, 6.07) is 18.2. The Kier molecular flexibility index (Phi) is 18.4. The predicted molar refractivity (Wildman–Crippen MR) is 217 cm³/mol. The lowest BCUT2D eigenvalue weighted by molar-refractivity contribution is -0.138. The van der Waals surface area contributed by atoms with E-state index < -0.39 is 0 Å². The molecule has 0 saturated heterocycles. The average Bonchev–Trinajstić information content (AvgIpc) is 3.22. The van der Waals surface area contributed by atoms with Crippen LogP contribution in [-0.2, 0) is 54.6 Å². The molecule has 6 nitrogen and oxygen atoms in total. The highest BCUT2D eigenvalue weighted by atomic mass is 16.5. The third-order valence-electron chi connectivity index (χ3n) is 12.6. The van der Waals surface area contributed by atoms with Gasteiger partial charge in [-0.3, -0.25) is 0 Å². The van der Waals surface area contributed by atoms with Gasteiger partial charge in [0.1, 0.15) is 0 Å². The van der Waals surface area contributed by atoms with Crippen LogP contribution in [0.1, 0.15) is 138 Å². The molecule has 3 aliphatic rings. The summed E-state index contributed by atoms with van der Waals surface area (Å²) in [5, 5.41) is 0. The van der Waals surface area contributed by atoms with Crippen molar-refractivity contribution in [2.24, 2.45) is 23.7 Å². The Balaban J connectivity index is 0.930. The van der Waals surface area contributed by atoms with E-state index in [9.17, 15) is 9.59 Å². The molecule has 296 valence electrons. The van der Waals surface area contributed by atoms with Crippen molar-refractivity contribution in [2.75, 3.05) is 13.2 Å². The highest BCUT2D eigenvalue weighted by Gasteiger charge is 2.27. The molecule has 0 aliphatic heterocycles. The molecule has 6 heteroatoms.